The summed E-state index contributed by atoms with van der Waals surface area (Å²) in [6, 6.07) is 10.5. The molecule has 0 aliphatic carbocycles. The summed E-state index contributed by atoms with van der Waals surface area (Å²) in [5, 5.41) is 0. The molecule has 0 aromatic heterocycles. The van der Waals surface area contributed by atoms with Crippen molar-refractivity contribution in [2.75, 3.05) is 6.61 Å². The summed E-state index contributed by atoms with van der Waals surface area (Å²) < 4.78 is 5.43. The molecule has 1 N–H and O–H groups in total. The topological polar surface area (TPSA) is 30.5 Å². The van der Waals surface area contributed by atoms with Crippen LogP contribution in [0.3, 0.4) is 0 Å². The highest BCUT2D eigenvalue weighted by Gasteiger charge is 2.23. The molecule has 1 fully saturated rings. The van der Waals surface area contributed by atoms with E-state index in [0.29, 0.717) is 12.6 Å². The first-order valence-electron chi connectivity index (χ1n) is 5.39. The Kier molecular flexibility index (Phi) is 3.72. The Labute approximate surface area is 90.3 Å². The molecule has 2 unspecified atom stereocenters. The lowest BCUT2D eigenvalue weighted by molar-refractivity contribution is -0.0140. The summed E-state index contributed by atoms with van der Waals surface area (Å²) in [6.45, 7) is 3.49. The highest BCUT2D eigenvalue weighted by atomic mass is 16.6. The Bertz CT molecular complexity index is 289. The first-order chi connectivity index (χ1) is 7.36. The van der Waals surface area contributed by atoms with Crippen molar-refractivity contribution in [1.29, 1.82) is 0 Å². The number of ether oxygens (including phenoxy) is 1. The van der Waals surface area contributed by atoms with E-state index in [1.807, 2.05) is 18.2 Å². The fourth-order valence-corrected chi connectivity index (χ4v) is 1.69. The van der Waals surface area contributed by atoms with Crippen molar-refractivity contribution >= 4 is 0 Å². The zero-order chi connectivity index (χ0) is 10.5. The van der Waals surface area contributed by atoms with Crippen LogP contribution in [0.1, 0.15) is 18.9 Å². The van der Waals surface area contributed by atoms with Crippen molar-refractivity contribution in [3.63, 3.8) is 0 Å². The minimum Gasteiger partial charge on any atom is -0.377 e. The van der Waals surface area contributed by atoms with Crippen LogP contribution in [0.2, 0.25) is 0 Å². The van der Waals surface area contributed by atoms with E-state index < -0.39 is 0 Å². The Hall–Kier alpha value is -0.900. The van der Waals surface area contributed by atoms with Gasteiger partial charge in [-0.2, -0.15) is 5.48 Å². The lowest BCUT2D eigenvalue weighted by Crippen LogP contribution is -2.34. The van der Waals surface area contributed by atoms with Gasteiger partial charge in [0.2, 0.25) is 0 Å². The summed E-state index contributed by atoms with van der Waals surface area (Å²) in [7, 11) is 0. The molecule has 1 heterocycles. The van der Waals surface area contributed by atoms with Gasteiger partial charge in [-0.15, -0.1) is 0 Å². The second-order valence-electron chi connectivity index (χ2n) is 3.86. The molecule has 1 aliphatic rings. The monoisotopic (exact) mass is 207 g/mol. The van der Waals surface area contributed by atoms with E-state index in [0.717, 1.165) is 13.0 Å². The third kappa shape index (κ3) is 3.02. The van der Waals surface area contributed by atoms with Crippen LogP contribution in [0.25, 0.3) is 0 Å². The van der Waals surface area contributed by atoms with Gasteiger partial charge in [-0.25, -0.2) is 0 Å². The summed E-state index contributed by atoms with van der Waals surface area (Å²) >= 11 is 0. The molecule has 0 saturated carbocycles. The highest BCUT2D eigenvalue weighted by molar-refractivity contribution is 5.13. The van der Waals surface area contributed by atoms with Crippen LogP contribution >= 0.6 is 0 Å². The smallest absolute Gasteiger partial charge is 0.0933 e. The minimum absolute atomic E-state index is 0.251. The molecular formula is C12H17NO2. The Morgan fingerprint density at radius 3 is 2.87 bits per heavy atom. The van der Waals surface area contributed by atoms with Crippen molar-refractivity contribution in [1.82, 2.24) is 5.48 Å². The van der Waals surface area contributed by atoms with Gasteiger partial charge in [0, 0.05) is 6.61 Å². The summed E-state index contributed by atoms with van der Waals surface area (Å²) in [5.41, 5.74) is 4.23. The molecule has 0 bridgehead atoms. The molecule has 3 nitrogen and oxygen atoms in total. The zero-order valence-corrected chi connectivity index (χ0v) is 8.98. The van der Waals surface area contributed by atoms with Crippen molar-refractivity contribution in [2.45, 2.75) is 32.1 Å². The van der Waals surface area contributed by atoms with E-state index in [2.05, 4.69) is 24.5 Å². The molecule has 2 rings (SSSR count). The van der Waals surface area contributed by atoms with E-state index in [1.54, 1.807) is 0 Å². The van der Waals surface area contributed by atoms with Gasteiger partial charge in [0.15, 0.2) is 0 Å². The molecule has 0 radical (unpaired) electrons. The predicted octanol–water partition coefficient (Wildman–Crippen LogP) is 1.89. The predicted molar refractivity (Wildman–Crippen MR) is 58.2 cm³/mol. The fraction of sp³-hybridized carbons (Fsp3) is 0.500. The zero-order valence-electron chi connectivity index (χ0n) is 8.98. The molecule has 1 aromatic rings. The largest absolute Gasteiger partial charge is 0.377 e. The third-order valence-electron chi connectivity index (χ3n) is 2.69. The lowest BCUT2D eigenvalue weighted by Gasteiger charge is -2.15. The molecule has 0 amide bonds. The van der Waals surface area contributed by atoms with Gasteiger partial charge in [-0.05, 0) is 18.9 Å². The van der Waals surface area contributed by atoms with E-state index >= 15 is 0 Å². The maximum Gasteiger partial charge on any atom is 0.0933 e. The van der Waals surface area contributed by atoms with Gasteiger partial charge in [-0.1, -0.05) is 30.3 Å². The van der Waals surface area contributed by atoms with Gasteiger partial charge >= 0.3 is 0 Å². The average molecular weight is 207 g/mol. The SMILES string of the molecule is CC1OCCC1NOCc1ccccc1. The number of rotatable bonds is 4. The molecular weight excluding hydrogens is 190 g/mol. The summed E-state index contributed by atoms with van der Waals surface area (Å²) in [5.74, 6) is 0. The number of benzene rings is 1. The van der Waals surface area contributed by atoms with Crippen molar-refractivity contribution < 1.29 is 9.57 Å². The first-order valence-corrected chi connectivity index (χ1v) is 5.39. The summed E-state index contributed by atoms with van der Waals surface area (Å²) in [4.78, 5) is 5.44. The van der Waals surface area contributed by atoms with Crippen LogP contribution in [0.15, 0.2) is 30.3 Å². The van der Waals surface area contributed by atoms with E-state index in [1.165, 1.54) is 5.56 Å². The quantitative estimate of drug-likeness (QED) is 0.765. The molecule has 15 heavy (non-hydrogen) atoms. The normalized spacial score (nSPS) is 25.7. The molecule has 1 aromatic carbocycles. The molecule has 2 atom stereocenters. The fourth-order valence-electron chi connectivity index (χ4n) is 1.69. The van der Waals surface area contributed by atoms with E-state index in [4.69, 9.17) is 9.57 Å². The van der Waals surface area contributed by atoms with Crippen LogP contribution in [0.5, 0.6) is 0 Å². The van der Waals surface area contributed by atoms with Crippen molar-refractivity contribution in [3.05, 3.63) is 35.9 Å². The van der Waals surface area contributed by atoms with Gasteiger partial charge in [0.25, 0.3) is 0 Å². The molecule has 0 spiro atoms. The van der Waals surface area contributed by atoms with E-state index in [9.17, 15) is 0 Å². The molecule has 3 heteroatoms. The number of hydrogen-bond donors (Lipinski definition) is 1. The standard InChI is InChI=1S/C12H17NO2/c1-10-12(7-8-14-10)13-15-9-11-5-3-2-4-6-11/h2-6,10,12-13H,7-9H2,1H3. The Morgan fingerprint density at radius 1 is 1.40 bits per heavy atom. The third-order valence-corrected chi connectivity index (χ3v) is 2.69. The first kappa shape index (κ1) is 10.6. The Morgan fingerprint density at radius 2 is 2.20 bits per heavy atom. The maximum atomic E-state index is 5.44. The Balaban J connectivity index is 1.71. The van der Waals surface area contributed by atoms with Crippen LogP contribution < -0.4 is 5.48 Å². The van der Waals surface area contributed by atoms with Gasteiger partial charge < -0.3 is 4.74 Å². The lowest BCUT2D eigenvalue weighted by atomic mass is 10.2. The van der Waals surface area contributed by atoms with Gasteiger partial charge in [-0.3, -0.25) is 4.84 Å². The second kappa shape index (κ2) is 5.26. The van der Waals surface area contributed by atoms with Crippen molar-refractivity contribution in [3.8, 4) is 0 Å². The van der Waals surface area contributed by atoms with E-state index in [-0.39, 0.29) is 6.10 Å². The summed E-state index contributed by atoms with van der Waals surface area (Å²) in [6.07, 6.45) is 1.27. The van der Waals surface area contributed by atoms with Crippen LogP contribution in [0.4, 0.5) is 0 Å². The van der Waals surface area contributed by atoms with Crippen LogP contribution in [-0.2, 0) is 16.2 Å². The maximum absolute atomic E-state index is 5.44. The van der Waals surface area contributed by atoms with Crippen molar-refractivity contribution in [2.24, 2.45) is 0 Å². The number of nitrogens with one attached hydrogen (secondary N) is 1. The average Bonchev–Trinajstić information content (AvgIpc) is 2.66. The van der Waals surface area contributed by atoms with Crippen LogP contribution in [-0.4, -0.2) is 18.8 Å². The minimum atomic E-state index is 0.251. The molecule has 82 valence electrons. The molecule has 1 saturated heterocycles. The molecule has 1 aliphatic heterocycles. The second-order valence-corrected chi connectivity index (χ2v) is 3.86. The highest BCUT2D eigenvalue weighted by Crippen LogP contribution is 2.12. The number of hydroxylamine groups is 1. The van der Waals surface area contributed by atoms with Gasteiger partial charge in [0.05, 0.1) is 18.8 Å². The van der Waals surface area contributed by atoms with Gasteiger partial charge in [0.1, 0.15) is 0 Å². The number of hydrogen-bond acceptors (Lipinski definition) is 3. The van der Waals surface area contributed by atoms with Crippen LogP contribution in [0, 0.1) is 0 Å².